The summed E-state index contributed by atoms with van der Waals surface area (Å²) in [7, 11) is 0. The van der Waals surface area contributed by atoms with Crippen LogP contribution in [0.1, 0.15) is 54.4 Å². The summed E-state index contributed by atoms with van der Waals surface area (Å²) in [5.41, 5.74) is 1.89. The van der Waals surface area contributed by atoms with E-state index in [2.05, 4.69) is 19.1 Å². The Bertz CT molecular complexity index is 1060. The largest absolute Gasteiger partial charge is 0.491 e. The van der Waals surface area contributed by atoms with E-state index in [0.717, 1.165) is 29.0 Å². The Morgan fingerprint density at radius 3 is 2.32 bits per heavy atom. The molecule has 0 amide bonds. The number of hydrogen-bond donors (Lipinski definition) is 0. The molecule has 0 bridgehead atoms. The Balaban J connectivity index is 1.23. The molecule has 160 valence electrons. The number of rotatable bonds is 6. The molecule has 2 aliphatic rings. The molecular weight excluding hydrogens is 388 g/mol. The second kappa shape index (κ2) is 8.72. The number of benzene rings is 3. The van der Waals surface area contributed by atoms with Gasteiger partial charge in [0, 0.05) is 0 Å². The molecule has 31 heavy (non-hydrogen) atoms. The highest BCUT2D eigenvalue weighted by molar-refractivity contribution is 5.96. The summed E-state index contributed by atoms with van der Waals surface area (Å²) in [5.74, 6) is 2.53. The SMILES string of the molecule is CC1CCC(c2ccc(OC(=O)c3ccc4cc(OCC5CO5)ccc4c3)cc2)CC1. The molecule has 1 saturated carbocycles. The Hall–Kier alpha value is -2.85. The maximum Gasteiger partial charge on any atom is 0.343 e. The van der Waals surface area contributed by atoms with Gasteiger partial charge in [-0.2, -0.15) is 0 Å². The molecule has 1 atom stereocenters. The maximum absolute atomic E-state index is 12.7. The highest BCUT2D eigenvalue weighted by Crippen LogP contribution is 2.36. The summed E-state index contributed by atoms with van der Waals surface area (Å²) in [6.07, 6.45) is 5.32. The minimum Gasteiger partial charge on any atom is -0.491 e. The lowest BCUT2D eigenvalue weighted by atomic mass is 9.79. The number of carbonyl (C=O) groups excluding carboxylic acids is 1. The van der Waals surface area contributed by atoms with E-state index in [9.17, 15) is 4.79 Å². The maximum atomic E-state index is 12.7. The van der Waals surface area contributed by atoms with Crippen molar-refractivity contribution in [2.24, 2.45) is 5.92 Å². The van der Waals surface area contributed by atoms with E-state index >= 15 is 0 Å². The number of ether oxygens (including phenoxy) is 3. The number of epoxide rings is 1. The van der Waals surface area contributed by atoms with E-state index in [0.29, 0.717) is 23.8 Å². The van der Waals surface area contributed by atoms with Gasteiger partial charge in [0.05, 0.1) is 12.2 Å². The summed E-state index contributed by atoms with van der Waals surface area (Å²) < 4.78 is 16.5. The van der Waals surface area contributed by atoms with Crippen LogP contribution >= 0.6 is 0 Å². The molecule has 1 unspecified atom stereocenters. The lowest BCUT2D eigenvalue weighted by Crippen LogP contribution is -2.11. The van der Waals surface area contributed by atoms with E-state index in [4.69, 9.17) is 14.2 Å². The first-order valence-electron chi connectivity index (χ1n) is 11.2. The topological polar surface area (TPSA) is 48.1 Å². The van der Waals surface area contributed by atoms with Crippen molar-refractivity contribution >= 4 is 16.7 Å². The Labute approximate surface area is 183 Å². The molecule has 0 aromatic heterocycles. The number of fused-ring (bicyclic) bond motifs is 1. The highest BCUT2D eigenvalue weighted by Gasteiger charge is 2.23. The van der Waals surface area contributed by atoms with E-state index in [1.807, 2.05) is 42.5 Å². The predicted octanol–water partition coefficient (Wildman–Crippen LogP) is 6.13. The smallest absolute Gasteiger partial charge is 0.343 e. The summed E-state index contributed by atoms with van der Waals surface area (Å²) in [4.78, 5) is 12.7. The zero-order valence-corrected chi connectivity index (χ0v) is 17.9. The van der Waals surface area contributed by atoms with Gasteiger partial charge in [0.1, 0.15) is 24.2 Å². The van der Waals surface area contributed by atoms with Crippen LogP contribution in [0.25, 0.3) is 10.8 Å². The van der Waals surface area contributed by atoms with Crippen molar-refractivity contribution in [1.82, 2.24) is 0 Å². The Morgan fingerprint density at radius 2 is 1.58 bits per heavy atom. The molecule has 5 rings (SSSR count). The minimum atomic E-state index is -0.340. The number of carbonyl (C=O) groups is 1. The Morgan fingerprint density at radius 1 is 0.903 bits per heavy atom. The van der Waals surface area contributed by atoms with Gasteiger partial charge in [-0.15, -0.1) is 0 Å². The van der Waals surface area contributed by atoms with Crippen molar-refractivity contribution in [2.45, 2.75) is 44.6 Å². The van der Waals surface area contributed by atoms with Gasteiger partial charge in [0.15, 0.2) is 0 Å². The molecule has 3 aromatic carbocycles. The highest BCUT2D eigenvalue weighted by atomic mass is 16.6. The summed E-state index contributed by atoms with van der Waals surface area (Å²) in [6, 6.07) is 19.5. The van der Waals surface area contributed by atoms with Crippen LogP contribution in [-0.4, -0.2) is 25.3 Å². The monoisotopic (exact) mass is 416 g/mol. The zero-order valence-electron chi connectivity index (χ0n) is 17.9. The summed E-state index contributed by atoms with van der Waals surface area (Å²) >= 11 is 0. The standard InChI is InChI=1S/C27H28O4/c1-18-2-4-19(5-3-18)20-8-11-24(12-9-20)31-27(28)23-7-6-22-15-25(13-10-21(22)14-23)29-16-26-17-30-26/h6-15,18-19,26H,2-5,16-17H2,1H3. The summed E-state index contributed by atoms with van der Waals surface area (Å²) in [5, 5.41) is 2.00. The van der Waals surface area contributed by atoms with Gasteiger partial charge in [-0.1, -0.05) is 44.0 Å². The fraction of sp³-hybridized carbons (Fsp3) is 0.370. The van der Waals surface area contributed by atoms with Crippen LogP contribution in [0.15, 0.2) is 60.7 Å². The van der Waals surface area contributed by atoms with Gasteiger partial charge in [-0.25, -0.2) is 4.79 Å². The molecule has 0 spiro atoms. The molecule has 1 aliphatic heterocycles. The van der Waals surface area contributed by atoms with Crippen molar-refractivity contribution in [3.8, 4) is 11.5 Å². The van der Waals surface area contributed by atoms with E-state index < -0.39 is 0 Å². The van der Waals surface area contributed by atoms with Crippen molar-refractivity contribution in [3.63, 3.8) is 0 Å². The normalized spacial score (nSPS) is 22.8. The fourth-order valence-corrected chi connectivity index (χ4v) is 4.36. The van der Waals surface area contributed by atoms with Crippen LogP contribution < -0.4 is 9.47 Å². The lowest BCUT2D eigenvalue weighted by molar-refractivity contribution is 0.0735. The van der Waals surface area contributed by atoms with Crippen molar-refractivity contribution in [1.29, 1.82) is 0 Å². The molecule has 1 heterocycles. The quantitative estimate of drug-likeness (QED) is 0.275. The van der Waals surface area contributed by atoms with E-state index in [1.165, 1.54) is 31.2 Å². The molecule has 3 aromatic rings. The van der Waals surface area contributed by atoms with Gasteiger partial charge in [-0.05, 0) is 77.4 Å². The lowest BCUT2D eigenvalue weighted by Gasteiger charge is -2.26. The first-order chi connectivity index (χ1) is 15.1. The second-order valence-electron chi connectivity index (χ2n) is 8.91. The van der Waals surface area contributed by atoms with E-state index in [1.54, 1.807) is 6.07 Å². The fourth-order valence-electron chi connectivity index (χ4n) is 4.36. The predicted molar refractivity (Wildman–Crippen MR) is 121 cm³/mol. The number of esters is 1. The third-order valence-electron chi connectivity index (χ3n) is 6.46. The molecule has 1 aliphatic carbocycles. The third-order valence-corrected chi connectivity index (χ3v) is 6.46. The van der Waals surface area contributed by atoms with Crippen LogP contribution in [0.3, 0.4) is 0 Å². The second-order valence-corrected chi connectivity index (χ2v) is 8.91. The van der Waals surface area contributed by atoms with Gasteiger partial charge < -0.3 is 14.2 Å². The zero-order chi connectivity index (χ0) is 21.2. The van der Waals surface area contributed by atoms with Gasteiger partial charge in [0.25, 0.3) is 0 Å². The molecule has 0 radical (unpaired) electrons. The van der Waals surface area contributed by atoms with E-state index in [-0.39, 0.29) is 12.1 Å². The van der Waals surface area contributed by atoms with Crippen LogP contribution in [0.5, 0.6) is 11.5 Å². The molecule has 4 nitrogen and oxygen atoms in total. The average Bonchev–Trinajstić information content (AvgIpc) is 3.63. The average molecular weight is 417 g/mol. The molecular formula is C27H28O4. The molecule has 2 fully saturated rings. The molecule has 4 heteroatoms. The van der Waals surface area contributed by atoms with Crippen LogP contribution in [-0.2, 0) is 4.74 Å². The Kier molecular flexibility index (Phi) is 5.65. The third kappa shape index (κ3) is 4.91. The van der Waals surface area contributed by atoms with Crippen LogP contribution in [0.4, 0.5) is 0 Å². The summed E-state index contributed by atoms with van der Waals surface area (Å²) in [6.45, 7) is 3.69. The first kappa shape index (κ1) is 20.1. The van der Waals surface area contributed by atoms with Crippen LogP contribution in [0, 0.1) is 5.92 Å². The van der Waals surface area contributed by atoms with Crippen molar-refractivity contribution in [3.05, 3.63) is 71.8 Å². The van der Waals surface area contributed by atoms with Crippen LogP contribution in [0.2, 0.25) is 0 Å². The molecule has 0 N–H and O–H groups in total. The van der Waals surface area contributed by atoms with Crippen molar-refractivity contribution in [2.75, 3.05) is 13.2 Å². The van der Waals surface area contributed by atoms with Gasteiger partial charge in [-0.3, -0.25) is 0 Å². The first-order valence-corrected chi connectivity index (χ1v) is 11.2. The van der Waals surface area contributed by atoms with Crippen molar-refractivity contribution < 1.29 is 19.0 Å². The van der Waals surface area contributed by atoms with Gasteiger partial charge >= 0.3 is 5.97 Å². The molecule has 1 saturated heterocycles. The minimum absolute atomic E-state index is 0.230. The number of hydrogen-bond acceptors (Lipinski definition) is 4. The van der Waals surface area contributed by atoms with Gasteiger partial charge in [0.2, 0.25) is 0 Å².